The van der Waals surface area contributed by atoms with Crippen LogP contribution in [0.25, 0.3) is 0 Å². The van der Waals surface area contributed by atoms with Crippen molar-refractivity contribution >= 4 is 46.5 Å². The highest BCUT2D eigenvalue weighted by molar-refractivity contribution is 7.99. The van der Waals surface area contributed by atoms with Crippen LogP contribution >= 0.6 is 23.1 Å². The molecule has 6 nitrogen and oxygen atoms in total. The largest absolute Gasteiger partial charge is 0.438 e. The van der Waals surface area contributed by atoms with Crippen LogP contribution in [0.5, 0.6) is 0 Å². The molecule has 0 radical (unpaired) electrons. The van der Waals surface area contributed by atoms with Gasteiger partial charge in [-0.15, -0.1) is 11.3 Å². The Labute approximate surface area is 182 Å². The van der Waals surface area contributed by atoms with Crippen LogP contribution in [0.2, 0.25) is 0 Å². The average molecular weight is 448 g/mol. The number of benzene rings is 1. The molecule has 1 N–H and O–H groups in total. The molecule has 3 aliphatic rings. The van der Waals surface area contributed by atoms with E-state index in [1.807, 2.05) is 23.2 Å². The number of hydrogen-bond acceptors (Lipinski definition) is 6. The second-order valence-electron chi connectivity index (χ2n) is 7.82. The lowest BCUT2D eigenvalue weighted by Gasteiger charge is -2.24. The van der Waals surface area contributed by atoms with E-state index >= 15 is 0 Å². The van der Waals surface area contributed by atoms with Crippen LogP contribution in [0, 0.1) is 5.82 Å². The molecule has 9 heteroatoms. The van der Waals surface area contributed by atoms with Crippen molar-refractivity contribution in [3.8, 4) is 0 Å². The fraction of sp³-hybridized carbons (Fsp3) is 0.429. The fourth-order valence-electron chi connectivity index (χ4n) is 4.09. The lowest BCUT2D eigenvalue weighted by atomic mass is 10.2. The molecule has 1 saturated carbocycles. The molecule has 1 spiro atoms. The van der Waals surface area contributed by atoms with E-state index in [2.05, 4.69) is 10.2 Å². The molecule has 1 aliphatic carbocycles. The van der Waals surface area contributed by atoms with Crippen LogP contribution in [0.3, 0.4) is 0 Å². The average Bonchev–Trinajstić information content (AvgIpc) is 3.03. The molecular formula is C21H22FN3O3S2. The third-order valence-corrected chi connectivity index (χ3v) is 7.73. The quantitative estimate of drug-likeness (QED) is 0.774. The molecule has 2 atom stereocenters. The minimum atomic E-state index is -0.721. The number of amides is 2. The molecule has 2 aromatic rings. The minimum Gasteiger partial charge on any atom is -0.438 e. The summed E-state index contributed by atoms with van der Waals surface area (Å²) in [6, 6.07) is 8.30. The Morgan fingerprint density at radius 2 is 2.17 bits per heavy atom. The molecule has 2 aliphatic heterocycles. The lowest BCUT2D eigenvalue weighted by molar-refractivity contribution is 0.0913. The van der Waals surface area contributed by atoms with Gasteiger partial charge in [-0.05, 0) is 41.8 Å². The normalized spacial score (nSPS) is 25.9. The van der Waals surface area contributed by atoms with Gasteiger partial charge in [0.1, 0.15) is 5.82 Å². The summed E-state index contributed by atoms with van der Waals surface area (Å²) in [6.07, 6.45) is 1.10. The summed E-state index contributed by atoms with van der Waals surface area (Å²) >= 11 is 3.26. The predicted molar refractivity (Wildman–Crippen MR) is 117 cm³/mol. The van der Waals surface area contributed by atoms with Crippen LogP contribution in [-0.4, -0.2) is 54.8 Å². The molecule has 5 rings (SSSR count). The fourth-order valence-corrected chi connectivity index (χ4v) is 5.60. The van der Waals surface area contributed by atoms with E-state index in [4.69, 9.17) is 4.74 Å². The SMILES string of the molecule is O=C(NC1C[C@@]12CN(c1ccc(N3CCCSCC3)c(F)c1)C(=O)O2)c1cccs1. The highest BCUT2D eigenvalue weighted by Gasteiger charge is 2.64. The minimum absolute atomic E-state index is 0.160. The molecule has 1 unspecified atom stereocenters. The first-order valence-corrected chi connectivity index (χ1v) is 12.1. The van der Waals surface area contributed by atoms with Gasteiger partial charge in [-0.25, -0.2) is 9.18 Å². The first-order chi connectivity index (χ1) is 14.6. The van der Waals surface area contributed by atoms with Gasteiger partial charge in [-0.1, -0.05) is 6.07 Å². The molecule has 1 aromatic carbocycles. The van der Waals surface area contributed by atoms with Crippen molar-refractivity contribution in [1.82, 2.24) is 5.32 Å². The van der Waals surface area contributed by atoms with E-state index in [1.165, 1.54) is 22.3 Å². The Balaban J connectivity index is 1.27. The number of thioether (sulfide) groups is 1. The molecule has 2 saturated heterocycles. The summed E-state index contributed by atoms with van der Waals surface area (Å²) in [7, 11) is 0. The van der Waals surface area contributed by atoms with Gasteiger partial charge in [0.2, 0.25) is 0 Å². The Hall–Kier alpha value is -2.26. The molecule has 3 heterocycles. The van der Waals surface area contributed by atoms with Crippen molar-refractivity contribution in [2.45, 2.75) is 24.5 Å². The maximum atomic E-state index is 14.9. The first kappa shape index (κ1) is 19.7. The van der Waals surface area contributed by atoms with Gasteiger partial charge >= 0.3 is 6.09 Å². The van der Waals surface area contributed by atoms with Crippen molar-refractivity contribution in [3.63, 3.8) is 0 Å². The third kappa shape index (κ3) is 3.65. The number of halogens is 1. The Kier molecular flexibility index (Phi) is 5.10. The second-order valence-corrected chi connectivity index (χ2v) is 9.99. The molecular weight excluding hydrogens is 425 g/mol. The van der Waals surface area contributed by atoms with Crippen molar-refractivity contribution in [2.24, 2.45) is 0 Å². The number of ether oxygens (including phenoxy) is 1. The summed E-state index contributed by atoms with van der Waals surface area (Å²) in [5, 5.41) is 4.78. The van der Waals surface area contributed by atoms with E-state index < -0.39 is 11.7 Å². The van der Waals surface area contributed by atoms with E-state index in [0.29, 0.717) is 29.2 Å². The highest BCUT2D eigenvalue weighted by atomic mass is 32.2. The van der Waals surface area contributed by atoms with E-state index in [9.17, 15) is 14.0 Å². The number of rotatable bonds is 4. The maximum absolute atomic E-state index is 14.9. The van der Waals surface area contributed by atoms with Crippen molar-refractivity contribution in [3.05, 3.63) is 46.4 Å². The number of nitrogens with one attached hydrogen (secondary N) is 1. The van der Waals surface area contributed by atoms with E-state index in [1.54, 1.807) is 18.2 Å². The maximum Gasteiger partial charge on any atom is 0.415 e. The Morgan fingerprint density at radius 1 is 1.27 bits per heavy atom. The molecule has 1 aromatic heterocycles. The van der Waals surface area contributed by atoms with E-state index in [-0.39, 0.29) is 17.8 Å². The predicted octanol–water partition coefficient (Wildman–Crippen LogP) is 3.73. The number of anilines is 2. The number of carbonyl (C=O) groups excluding carboxylic acids is 2. The number of thiophene rings is 1. The highest BCUT2D eigenvalue weighted by Crippen LogP contribution is 2.46. The first-order valence-electron chi connectivity index (χ1n) is 10.0. The zero-order valence-electron chi connectivity index (χ0n) is 16.3. The van der Waals surface area contributed by atoms with Crippen LogP contribution < -0.4 is 15.1 Å². The summed E-state index contributed by atoms with van der Waals surface area (Å²) in [5.41, 5.74) is 0.342. The summed E-state index contributed by atoms with van der Waals surface area (Å²) in [6.45, 7) is 1.96. The third-order valence-electron chi connectivity index (χ3n) is 5.82. The topological polar surface area (TPSA) is 61.9 Å². The van der Waals surface area contributed by atoms with Gasteiger partial charge in [-0.3, -0.25) is 9.69 Å². The van der Waals surface area contributed by atoms with Gasteiger partial charge in [0.15, 0.2) is 5.60 Å². The van der Waals surface area contributed by atoms with Crippen LogP contribution in [0.15, 0.2) is 35.7 Å². The van der Waals surface area contributed by atoms with Gasteiger partial charge < -0.3 is 15.0 Å². The van der Waals surface area contributed by atoms with Crippen molar-refractivity contribution in [1.29, 1.82) is 0 Å². The monoisotopic (exact) mass is 447 g/mol. The van der Waals surface area contributed by atoms with Crippen molar-refractivity contribution < 1.29 is 18.7 Å². The smallest absolute Gasteiger partial charge is 0.415 e. The molecule has 30 heavy (non-hydrogen) atoms. The standard InChI is InChI=1S/C21H22FN3O3S2/c22-15-11-14(4-5-16(15)24-6-2-8-29-10-7-24)25-13-21(28-20(25)27)12-18(21)23-19(26)17-3-1-9-30-17/h1,3-5,9,11,18H,2,6-8,10,12-13H2,(H,23,26)/t18?,21-/m1/s1. The van der Waals surface area contributed by atoms with Gasteiger partial charge in [0.25, 0.3) is 5.91 Å². The summed E-state index contributed by atoms with van der Waals surface area (Å²) < 4.78 is 20.5. The van der Waals surface area contributed by atoms with Gasteiger partial charge in [-0.2, -0.15) is 11.8 Å². The Morgan fingerprint density at radius 3 is 2.97 bits per heavy atom. The van der Waals surface area contributed by atoms with Crippen LogP contribution in [0.1, 0.15) is 22.5 Å². The zero-order chi connectivity index (χ0) is 20.7. The zero-order valence-corrected chi connectivity index (χ0v) is 17.9. The van der Waals surface area contributed by atoms with Crippen LogP contribution in [0.4, 0.5) is 20.6 Å². The number of hydrogen-bond donors (Lipinski definition) is 1. The van der Waals surface area contributed by atoms with Gasteiger partial charge in [0.05, 0.1) is 28.8 Å². The molecule has 158 valence electrons. The van der Waals surface area contributed by atoms with E-state index in [0.717, 1.165) is 31.0 Å². The summed E-state index contributed by atoms with van der Waals surface area (Å²) in [5.74, 6) is 1.60. The number of carbonyl (C=O) groups is 2. The lowest BCUT2D eigenvalue weighted by Crippen LogP contribution is -2.34. The molecule has 0 bridgehead atoms. The molecule has 3 fully saturated rings. The van der Waals surface area contributed by atoms with Crippen molar-refractivity contribution in [2.75, 3.05) is 40.9 Å². The molecule has 2 amide bonds. The number of nitrogens with zero attached hydrogens (tertiary/aromatic N) is 2. The second kappa shape index (κ2) is 7.77. The summed E-state index contributed by atoms with van der Waals surface area (Å²) in [4.78, 5) is 28.9. The van der Waals surface area contributed by atoms with Crippen LogP contribution in [-0.2, 0) is 4.74 Å². The Bertz CT molecular complexity index is 962. The van der Waals surface area contributed by atoms with Gasteiger partial charge in [0, 0.05) is 25.3 Å².